The summed E-state index contributed by atoms with van der Waals surface area (Å²) in [6, 6.07) is 8.62. The Morgan fingerprint density at radius 2 is 2.28 bits per heavy atom. The molecule has 0 bridgehead atoms. The summed E-state index contributed by atoms with van der Waals surface area (Å²) < 4.78 is 5.75. The van der Waals surface area contributed by atoms with Gasteiger partial charge < -0.3 is 15.5 Å². The molecule has 0 spiro atoms. The SMILES string of the molecule is C[C@H](Cc1c[nH]c2ccccc12)C1OCCC1N. The Bertz CT molecular complexity index is 534. The number of benzene rings is 1. The van der Waals surface area contributed by atoms with Crippen molar-refractivity contribution in [2.24, 2.45) is 11.7 Å². The van der Waals surface area contributed by atoms with E-state index in [-0.39, 0.29) is 12.1 Å². The smallest absolute Gasteiger partial charge is 0.0755 e. The van der Waals surface area contributed by atoms with Gasteiger partial charge in [-0.05, 0) is 30.4 Å². The van der Waals surface area contributed by atoms with Crippen LogP contribution in [0, 0.1) is 5.92 Å². The van der Waals surface area contributed by atoms with Crippen molar-refractivity contribution in [2.75, 3.05) is 6.61 Å². The first-order chi connectivity index (χ1) is 8.75. The minimum Gasteiger partial charge on any atom is -0.376 e. The normalized spacial score (nSPS) is 25.7. The number of rotatable bonds is 3. The number of aromatic nitrogens is 1. The Hall–Kier alpha value is -1.32. The second-order valence-corrected chi connectivity index (χ2v) is 5.33. The van der Waals surface area contributed by atoms with Crippen molar-refractivity contribution in [3.63, 3.8) is 0 Å². The van der Waals surface area contributed by atoms with Crippen molar-refractivity contribution in [1.82, 2.24) is 4.98 Å². The van der Waals surface area contributed by atoms with Crippen LogP contribution >= 0.6 is 0 Å². The molecule has 3 rings (SSSR count). The average Bonchev–Trinajstić information content (AvgIpc) is 2.97. The largest absolute Gasteiger partial charge is 0.376 e. The molecule has 1 aliphatic heterocycles. The van der Waals surface area contributed by atoms with Gasteiger partial charge in [-0.1, -0.05) is 25.1 Å². The van der Waals surface area contributed by atoms with Gasteiger partial charge in [-0.25, -0.2) is 0 Å². The molecule has 1 aliphatic rings. The van der Waals surface area contributed by atoms with Gasteiger partial charge in [0.1, 0.15) is 0 Å². The van der Waals surface area contributed by atoms with Crippen LogP contribution in [0.4, 0.5) is 0 Å². The number of hydrogen-bond donors (Lipinski definition) is 2. The molecule has 1 aromatic carbocycles. The topological polar surface area (TPSA) is 51.0 Å². The number of fused-ring (bicyclic) bond motifs is 1. The van der Waals surface area contributed by atoms with Gasteiger partial charge in [0.2, 0.25) is 0 Å². The van der Waals surface area contributed by atoms with Gasteiger partial charge in [-0.15, -0.1) is 0 Å². The minimum absolute atomic E-state index is 0.199. The van der Waals surface area contributed by atoms with E-state index in [9.17, 15) is 0 Å². The van der Waals surface area contributed by atoms with Gasteiger partial charge in [-0.3, -0.25) is 0 Å². The zero-order valence-corrected chi connectivity index (χ0v) is 10.7. The lowest BCUT2D eigenvalue weighted by molar-refractivity contribution is 0.0625. The van der Waals surface area contributed by atoms with Gasteiger partial charge in [0, 0.05) is 29.7 Å². The third-order valence-electron chi connectivity index (χ3n) is 3.96. The van der Waals surface area contributed by atoms with Crippen LogP contribution in [-0.2, 0) is 11.2 Å². The zero-order valence-electron chi connectivity index (χ0n) is 10.7. The summed E-state index contributed by atoms with van der Waals surface area (Å²) in [6.07, 6.45) is 4.33. The highest BCUT2D eigenvalue weighted by Crippen LogP contribution is 2.26. The number of H-pyrrole nitrogens is 1. The predicted octanol–water partition coefficient (Wildman–Crippen LogP) is 2.46. The maximum atomic E-state index is 6.09. The maximum Gasteiger partial charge on any atom is 0.0755 e. The molecular weight excluding hydrogens is 224 g/mol. The van der Waals surface area contributed by atoms with E-state index in [2.05, 4.69) is 42.4 Å². The van der Waals surface area contributed by atoms with Crippen LogP contribution in [-0.4, -0.2) is 23.7 Å². The fourth-order valence-corrected chi connectivity index (χ4v) is 2.98. The molecule has 3 heteroatoms. The van der Waals surface area contributed by atoms with Gasteiger partial charge >= 0.3 is 0 Å². The first-order valence-corrected chi connectivity index (χ1v) is 6.68. The highest BCUT2D eigenvalue weighted by Gasteiger charge is 2.30. The van der Waals surface area contributed by atoms with Crippen molar-refractivity contribution in [2.45, 2.75) is 31.9 Å². The molecule has 3 atom stereocenters. The van der Waals surface area contributed by atoms with E-state index in [4.69, 9.17) is 10.5 Å². The molecule has 1 fully saturated rings. The Labute approximate surface area is 107 Å². The fourth-order valence-electron chi connectivity index (χ4n) is 2.98. The summed E-state index contributed by atoms with van der Waals surface area (Å²) in [5.74, 6) is 0.460. The Kier molecular flexibility index (Phi) is 3.10. The standard InChI is InChI=1S/C15H20N2O/c1-10(15-13(16)6-7-18-15)8-11-9-17-14-5-3-2-4-12(11)14/h2-5,9-10,13,15,17H,6-8,16H2,1H3/t10-,13?,15?/m1/s1. The molecule has 1 aromatic heterocycles. The van der Waals surface area contributed by atoms with E-state index in [1.165, 1.54) is 16.5 Å². The van der Waals surface area contributed by atoms with Crippen LogP contribution in [0.1, 0.15) is 18.9 Å². The number of ether oxygens (including phenoxy) is 1. The quantitative estimate of drug-likeness (QED) is 0.871. The molecule has 0 aliphatic carbocycles. The molecule has 3 N–H and O–H groups in total. The monoisotopic (exact) mass is 244 g/mol. The summed E-state index contributed by atoms with van der Waals surface area (Å²) in [5, 5.41) is 1.32. The summed E-state index contributed by atoms with van der Waals surface area (Å²) in [6.45, 7) is 3.04. The second-order valence-electron chi connectivity index (χ2n) is 5.33. The molecule has 0 saturated carbocycles. The molecule has 1 saturated heterocycles. The van der Waals surface area contributed by atoms with Gasteiger partial charge in [0.15, 0.2) is 0 Å². The van der Waals surface area contributed by atoms with Gasteiger partial charge in [0.25, 0.3) is 0 Å². The predicted molar refractivity (Wildman–Crippen MR) is 73.5 cm³/mol. The van der Waals surface area contributed by atoms with Crippen LogP contribution < -0.4 is 5.73 Å². The van der Waals surface area contributed by atoms with Crippen molar-refractivity contribution < 1.29 is 4.74 Å². The number of nitrogens with two attached hydrogens (primary N) is 1. The van der Waals surface area contributed by atoms with Crippen LogP contribution in [0.5, 0.6) is 0 Å². The van der Waals surface area contributed by atoms with Gasteiger partial charge in [-0.2, -0.15) is 0 Å². The third kappa shape index (κ3) is 2.04. The lowest BCUT2D eigenvalue weighted by Gasteiger charge is -2.22. The molecule has 2 aromatic rings. The number of hydrogen-bond acceptors (Lipinski definition) is 2. The first kappa shape index (κ1) is 11.8. The van der Waals surface area contributed by atoms with Crippen LogP contribution in [0.2, 0.25) is 0 Å². The first-order valence-electron chi connectivity index (χ1n) is 6.68. The van der Waals surface area contributed by atoms with Crippen molar-refractivity contribution >= 4 is 10.9 Å². The molecule has 18 heavy (non-hydrogen) atoms. The van der Waals surface area contributed by atoms with E-state index in [0.29, 0.717) is 5.92 Å². The zero-order chi connectivity index (χ0) is 12.5. The van der Waals surface area contributed by atoms with Crippen molar-refractivity contribution in [3.8, 4) is 0 Å². The molecule has 0 radical (unpaired) electrons. The Morgan fingerprint density at radius 3 is 3.06 bits per heavy atom. The van der Waals surface area contributed by atoms with Crippen molar-refractivity contribution in [3.05, 3.63) is 36.0 Å². The second kappa shape index (κ2) is 4.75. The van der Waals surface area contributed by atoms with Crippen molar-refractivity contribution in [1.29, 1.82) is 0 Å². The maximum absolute atomic E-state index is 6.09. The summed E-state index contributed by atoms with van der Waals surface area (Å²) >= 11 is 0. The number of nitrogens with one attached hydrogen (secondary N) is 1. The lowest BCUT2D eigenvalue weighted by Crippen LogP contribution is -2.36. The van der Waals surface area contributed by atoms with E-state index < -0.39 is 0 Å². The fraction of sp³-hybridized carbons (Fsp3) is 0.467. The molecular formula is C15H20N2O. The average molecular weight is 244 g/mol. The van der Waals surface area contributed by atoms with Crippen LogP contribution in [0.25, 0.3) is 10.9 Å². The highest BCUT2D eigenvalue weighted by molar-refractivity contribution is 5.83. The number of aromatic amines is 1. The molecule has 3 nitrogen and oxygen atoms in total. The Balaban J connectivity index is 1.79. The highest BCUT2D eigenvalue weighted by atomic mass is 16.5. The summed E-state index contributed by atoms with van der Waals surface area (Å²) in [5.41, 5.74) is 8.66. The third-order valence-corrected chi connectivity index (χ3v) is 3.96. The molecule has 96 valence electrons. The number of para-hydroxylation sites is 1. The van der Waals surface area contributed by atoms with E-state index in [0.717, 1.165) is 19.4 Å². The van der Waals surface area contributed by atoms with Crippen LogP contribution in [0.3, 0.4) is 0 Å². The minimum atomic E-state index is 0.199. The lowest BCUT2D eigenvalue weighted by atomic mass is 9.92. The summed E-state index contributed by atoms with van der Waals surface area (Å²) in [7, 11) is 0. The van der Waals surface area contributed by atoms with E-state index in [1.54, 1.807) is 0 Å². The van der Waals surface area contributed by atoms with E-state index in [1.807, 2.05) is 0 Å². The molecule has 2 unspecified atom stereocenters. The molecule has 0 amide bonds. The molecule has 2 heterocycles. The van der Waals surface area contributed by atoms with Crippen LogP contribution in [0.15, 0.2) is 30.5 Å². The Morgan fingerprint density at radius 1 is 1.44 bits per heavy atom. The summed E-state index contributed by atoms with van der Waals surface area (Å²) in [4.78, 5) is 3.32. The van der Waals surface area contributed by atoms with E-state index >= 15 is 0 Å². The van der Waals surface area contributed by atoms with Gasteiger partial charge in [0.05, 0.1) is 6.10 Å².